The number of benzene rings is 1. The third-order valence-electron chi connectivity index (χ3n) is 4.38. The van der Waals surface area contributed by atoms with E-state index < -0.39 is 17.9 Å². The van der Waals surface area contributed by atoms with Gasteiger partial charge in [0, 0.05) is 11.3 Å². The van der Waals surface area contributed by atoms with Crippen LogP contribution in [-0.2, 0) is 13.7 Å². The number of aryl methyl sites for hydroxylation is 2. The number of nitrogens with zero attached hydrogens (tertiary/aromatic N) is 7. The fourth-order valence-corrected chi connectivity index (χ4v) is 3.10. The number of anilines is 1. The molecule has 1 aromatic carbocycles. The number of aromatic nitrogens is 7. The smallest absolute Gasteiger partial charge is 0.280 e. The average molecular weight is 442 g/mol. The van der Waals surface area contributed by atoms with E-state index in [4.69, 9.17) is 10.5 Å². The highest BCUT2D eigenvalue weighted by Gasteiger charge is 2.22. The van der Waals surface area contributed by atoms with Gasteiger partial charge in [-0.2, -0.15) is 9.78 Å². The molecule has 0 aliphatic heterocycles. The molecular formula is C20H17F3N8O. The molecule has 164 valence electrons. The summed E-state index contributed by atoms with van der Waals surface area (Å²) in [4.78, 5) is 13.6. The lowest BCUT2D eigenvalue weighted by Gasteiger charge is -2.16. The van der Waals surface area contributed by atoms with Crippen LogP contribution in [0, 0.1) is 12.7 Å². The topological polar surface area (TPSA) is 118 Å². The maximum absolute atomic E-state index is 13.5. The van der Waals surface area contributed by atoms with Crippen LogP contribution >= 0.6 is 0 Å². The molecule has 4 aromatic rings. The Bertz CT molecular complexity index is 1260. The molecule has 2 N–H and O–H groups in total. The van der Waals surface area contributed by atoms with Crippen molar-refractivity contribution >= 4 is 5.95 Å². The van der Waals surface area contributed by atoms with Crippen LogP contribution < -0.4 is 10.5 Å². The van der Waals surface area contributed by atoms with Crippen LogP contribution in [0.3, 0.4) is 0 Å². The summed E-state index contributed by atoms with van der Waals surface area (Å²) in [5.41, 5.74) is 7.26. The predicted octanol–water partition coefficient (Wildman–Crippen LogP) is 3.28. The number of alkyl halides is 2. The molecule has 0 bridgehead atoms. The number of halogens is 3. The summed E-state index contributed by atoms with van der Waals surface area (Å²) < 4.78 is 46.2. The van der Waals surface area contributed by atoms with E-state index in [1.165, 1.54) is 35.1 Å². The molecule has 3 aromatic heterocycles. The monoisotopic (exact) mass is 442 g/mol. The minimum absolute atomic E-state index is 0.0232. The van der Waals surface area contributed by atoms with Gasteiger partial charge in [-0.15, -0.1) is 10.2 Å². The van der Waals surface area contributed by atoms with Gasteiger partial charge in [-0.3, -0.25) is 4.98 Å². The van der Waals surface area contributed by atoms with Crippen LogP contribution in [0.25, 0.3) is 22.4 Å². The van der Waals surface area contributed by atoms with Gasteiger partial charge in [0.05, 0.1) is 18.3 Å². The summed E-state index contributed by atoms with van der Waals surface area (Å²) in [6, 6.07) is 8.33. The van der Waals surface area contributed by atoms with E-state index in [1.54, 1.807) is 20.0 Å². The fraction of sp³-hybridized carbons (Fsp3) is 0.200. The van der Waals surface area contributed by atoms with Crippen molar-refractivity contribution in [2.45, 2.75) is 20.0 Å². The molecule has 0 aliphatic carbocycles. The number of rotatable bonds is 6. The Morgan fingerprint density at radius 2 is 1.81 bits per heavy atom. The predicted molar refractivity (Wildman–Crippen MR) is 108 cm³/mol. The van der Waals surface area contributed by atoms with Crippen molar-refractivity contribution in [1.29, 1.82) is 0 Å². The van der Waals surface area contributed by atoms with Crippen molar-refractivity contribution in [1.82, 2.24) is 35.2 Å². The third-order valence-corrected chi connectivity index (χ3v) is 4.38. The first-order valence-electron chi connectivity index (χ1n) is 9.36. The van der Waals surface area contributed by atoms with Crippen molar-refractivity contribution in [2.75, 3.05) is 5.73 Å². The molecule has 4 rings (SSSR count). The van der Waals surface area contributed by atoms with Gasteiger partial charge < -0.3 is 10.5 Å². The Morgan fingerprint density at radius 3 is 2.47 bits per heavy atom. The molecule has 32 heavy (non-hydrogen) atoms. The second kappa shape index (κ2) is 8.57. The fourth-order valence-electron chi connectivity index (χ4n) is 3.10. The number of pyridine rings is 1. The number of ether oxygens (including phenoxy) is 1. The molecule has 0 saturated carbocycles. The van der Waals surface area contributed by atoms with Crippen molar-refractivity contribution in [3.63, 3.8) is 0 Å². The minimum atomic E-state index is -2.79. The van der Waals surface area contributed by atoms with Gasteiger partial charge in [0.2, 0.25) is 17.7 Å². The zero-order valence-electron chi connectivity index (χ0n) is 17.0. The number of hydrogen-bond acceptors (Lipinski definition) is 8. The van der Waals surface area contributed by atoms with Gasteiger partial charge in [-0.25, -0.2) is 18.2 Å². The molecule has 0 atom stereocenters. The Hall–Kier alpha value is -4.09. The van der Waals surface area contributed by atoms with Gasteiger partial charge in [-0.1, -0.05) is 0 Å². The summed E-state index contributed by atoms with van der Waals surface area (Å²) >= 11 is 0. The van der Waals surface area contributed by atoms with Gasteiger partial charge in [0.25, 0.3) is 6.43 Å². The Kier molecular flexibility index (Phi) is 5.67. The van der Waals surface area contributed by atoms with Crippen LogP contribution in [0.1, 0.15) is 23.6 Å². The zero-order chi connectivity index (χ0) is 22.8. The summed E-state index contributed by atoms with van der Waals surface area (Å²) in [5, 5.41) is 11.6. The molecule has 0 amide bonds. The van der Waals surface area contributed by atoms with E-state index >= 15 is 0 Å². The van der Waals surface area contributed by atoms with Crippen molar-refractivity contribution in [3.8, 4) is 28.3 Å². The van der Waals surface area contributed by atoms with Crippen LogP contribution in [0.4, 0.5) is 19.1 Å². The minimum Gasteiger partial charge on any atom is -0.469 e. The first kappa shape index (κ1) is 21.2. The lowest BCUT2D eigenvalue weighted by atomic mass is 9.99. The Morgan fingerprint density at radius 1 is 1.06 bits per heavy atom. The van der Waals surface area contributed by atoms with E-state index in [2.05, 4.69) is 30.4 Å². The molecule has 9 nitrogen and oxygen atoms in total. The SMILES string of the molecule is Cc1cc(-c2c(OCc3nnn(C)n3)nc(N)nc2-c2ccc(F)cc2)cc(C(F)F)n1. The standard InChI is InChI=1S/C20H17F3N8O/c1-10-7-12(8-14(25-10)18(22)23)16-17(11-3-5-13(21)6-4-11)26-20(24)27-19(16)32-9-15-28-30-31(2)29-15/h3-8,18H,9H2,1-2H3,(H2,24,26,27). The Labute approximate surface area is 180 Å². The van der Waals surface area contributed by atoms with Crippen molar-refractivity contribution in [2.24, 2.45) is 7.05 Å². The van der Waals surface area contributed by atoms with E-state index in [9.17, 15) is 13.2 Å². The van der Waals surface area contributed by atoms with E-state index in [1.807, 2.05) is 0 Å². The maximum atomic E-state index is 13.5. The number of nitrogens with two attached hydrogens (primary N) is 1. The molecular weight excluding hydrogens is 425 g/mol. The molecule has 12 heteroatoms. The number of hydrogen-bond donors (Lipinski definition) is 1. The van der Waals surface area contributed by atoms with Gasteiger partial charge in [0.1, 0.15) is 11.5 Å². The van der Waals surface area contributed by atoms with Gasteiger partial charge in [0.15, 0.2) is 6.61 Å². The largest absolute Gasteiger partial charge is 0.469 e. The molecule has 0 fully saturated rings. The van der Waals surface area contributed by atoms with E-state index in [0.717, 1.165) is 0 Å². The summed E-state index contributed by atoms with van der Waals surface area (Å²) in [6.45, 7) is 1.49. The first-order valence-corrected chi connectivity index (χ1v) is 9.36. The first-order chi connectivity index (χ1) is 15.3. The summed E-state index contributed by atoms with van der Waals surface area (Å²) in [5.74, 6) is -0.259. The van der Waals surface area contributed by atoms with E-state index in [-0.39, 0.29) is 30.0 Å². The summed E-state index contributed by atoms with van der Waals surface area (Å²) in [6.07, 6.45) is -2.79. The highest BCUT2D eigenvalue weighted by molar-refractivity contribution is 5.85. The van der Waals surface area contributed by atoms with Crippen LogP contribution in [0.15, 0.2) is 36.4 Å². The van der Waals surface area contributed by atoms with Crippen LogP contribution in [0.2, 0.25) is 0 Å². The number of tetrazole rings is 1. The van der Waals surface area contributed by atoms with Crippen LogP contribution in [0.5, 0.6) is 5.88 Å². The van der Waals surface area contributed by atoms with Crippen LogP contribution in [-0.4, -0.2) is 35.2 Å². The maximum Gasteiger partial charge on any atom is 0.280 e. The molecule has 0 aliphatic rings. The molecule has 0 unspecified atom stereocenters. The second-order valence-electron chi connectivity index (χ2n) is 6.82. The van der Waals surface area contributed by atoms with Gasteiger partial charge >= 0.3 is 0 Å². The molecule has 0 radical (unpaired) electrons. The molecule has 0 saturated heterocycles. The van der Waals surface area contributed by atoms with Crippen molar-refractivity contribution in [3.05, 3.63) is 59.4 Å². The van der Waals surface area contributed by atoms with E-state index in [0.29, 0.717) is 22.4 Å². The lowest BCUT2D eigenvalue weighted by Crippen LogP contribution is -2.07. The quantitative estimate of drug-likeness (QED) is 0.483. The Balaban J connectivity index is 1.90. The highest BCUT2D eigenvalue weighted by Crippen LogP contribution is 2.39. The number of nitrogen functional groups attached to an aromatic ring is 1. The third kappa shape index (κ3) is 4.48. The normalized spacial score (nSPS) is 11.2. The second-order valence-corrected chi connectivity index (χ2v) is 6.82. The lowest BCUT2D eigenvalue weighted by molar-refractivity contribution is 0.146. The molecule has 0 spiro atoms. The average Bonchev–Trinajstić information content (AvgIpc) is 3.17. The summed E-state index contributed by atoms with van der Waals surface area (Å²) in [7, 11) is 1.60. The highest BCUT2D eigenvalue weighted by atomic mass is 19.3. The molecule has 3 heterocycles. The zero-order valence-corrected chi connectivity index (χ0v) is 17.0. The van der Waals surface area contributed by atoms with Gasteiger partial charge in [-0.05, 0) is 54.1 Å². The van der Waals surface area contributed by atoms with Crippen molar-refractivity contribution < 1.29 is 17.9 Å².